The van der Waals surface area contributed by atoms with Crippen molar-refractivity contribution in [2.45, 2.75) is 19.4 Å². The molecule has 0 aliphatic heterocycles. The van der Waals surface area contributed by atoms with Crippen LogP contribution in [0.5, 0.6) is 5.75 Å². The smallest absolute Gasteiger partial charge is 0.122 e. The third-order valence-corrected chi connectivity index (χ3v) is 2.13. The molecule has 1 N–H and O–H groups in total. The second kappa shape index (κ2) is 5.59. The van der Waals surface area contributed by atoms with Crippen LogP contribution >= 0.6 is 11.6 Å². The Morgan fingerprint density at radius 2 is 2.33 bits per heavy atom. The van der Waals surface area contributed by atoms with Crippen molar-refractivity contribution in [2.24, 2.45) is 0 Å². The van der Waals surface area contributed by atoms with Crippen molar-refractivity contribution in [3.8, 4) is 11.8 Å². The summed E-state index contributed by atoms with van der Waals surface area (Å²) in [5, 5.41) is 18.3. The molecule has 80 valence electrons. The fraction of sp³-hybridized carbons (Fsp3) is 0.364. The van der Waals surface area contributed by atoms with Gasteiger partial charge in [-0.25, -0.2) is 0 Å². The molecule has 0 aliphatic rings. The molecule has 1 aromatic carbocycles. The van der Waals surface area contributed by atoms with Crippen molar-refractivity contribution in [3.63, 3.8) is 0 Å². The molecule has 1 aromatic rings. The number of aryl methyl sites for hydroxylation is 1. The Labute approximate surface area is 93.9 Å². The summed E-state index contributed by atoms with van der Waals surface area (Å²) in [4.78, 5) is 0. The van der Waals surface area contributed by atoms with E-state index in [1.807, 2.05) is 13.0 Å². The van der Waals surface area contributed by atoms with E-state index in [4.69, 9.17) is 21.6 Å². The van der Waals surface area contributed by atoms with Gasteiger partial charge in [-0.2, -0.15) is 5.26 Å². The van der Waals surface area contributed by atoms with Gasteiger partial charge in [-0.3, -0.25) is 0 Å². The van der Waals surface area contributed by atoms with E-state index < -0.39 is 6.10 Å². The third kappa shape index (κ3) is 3.78. The quantitative estimate of drug-likeness (QED) is 0.856. The van der Waals surface area contributed by atoms with Crippen LogP contribution in [-0.2, 0) is 0 Å². The highest BCUT2D eigenvalue weighted by molar-refractivity contribution is 6.30. The zero-order chi connectivity index (χ0) is 11.3. The second-order valence-corrected chi connectivity index (χ2v) is 3.67. The molecule has 0 aliphatic carbocycles. The molecule has 1 atom stereocenters. The SMILES string of the molecule is Cc1cc(Cl)ccc1OCC(O)CC#N. The first-order valence-corrected chi connectivity index (χ1v) is 4.95. The Balaban J connectivity index is 2.55. The van der Waals surface area contributed by atoms with Crippen LogP contribution in [0, 0.1) is 18.3 Å². The molecule has 0 heterocycles. The summed E-state index contributed by atoms with van der Waals surface area (Å²) in [6.07, 6.45) is -0.669. The van der Waals surface area contributed by atoms with Crippen molar-refractivity contribution in [2.75, 3.05) is 6.61 Å². The van der Waals surface area contributed by atoms with Gasteiger partial charge in [-0.15, -0.1) is 0 Å². The molecule has 3 nitrogen and oxygen atoms in total. The summed E-state index contributed by atoms with van der Waals surface area (Å²) < 4.78 is 5.35. The van der Waals surface area contributed by atoms with Crippen LogP contribution in [0.3, 0.4) is 0 Å². The standard InChI is InChI=1S/C11H12ClNO2/c1-8-6-9(12)2-3-11(8)15-7-10(14)4-5-13/h2-3,6,10,14H,4,7H2,1H3. The Morgan fingerprint density at radius 1 is 1.60 bits per heavy atom. The summed E-state index contributed by atoms with van der Waals surface area (Å²) in [7, 11) is 0. The monoisotopic (exact) mass is 225 g/mol. The van der Waals surface area contributed by atoms with E-state index >= 15 is 0 Å². The van der Waals surface area contributed by atoms with Crippen LogP contribution in [0.25, 0.3) is 0 Å². The van der Waals surface area contributed by atoms with Gasteiger partial charge in [0.25, 0.3) is 0 Å². The first-order chi connectivity index (χ1) is 7.13. The van der Waals surface area contributed by atoms with Crippen molar-refractivity contribution in [1.29, 1.82) is 5.26 Å². The lowest BCUT2D eigenvalue weighted by Gasteiger charge is -2.11. The molecule has 0 radical (unpaired) electrons. The average Bonchev–Trinajstić information content (AvgIpc) is 2.17. The largest absolute Gasteiger partial charge is 0.491 e. The van der Waals surface area contributed by atoms with Crippen molar-refractivity contribution < 1.29 is 9.84 Å². The van der Waals surface area contributed by atoms with Gasteiger partial charge in [0.2, 0.25) is 0 Å². The average molecular weight is 226 g/mol. The van der Waals surface area contributed by atoms with Gasteiger partial charge in [0.15, 0.2) is 0 Å². The number of aliphatic hydroxyl groups is 1. The number of aliphatic hydroxyl groups excluding tert-OH is 1. The maximum atomic E-state index is 9.28. The Kier molecular flexibility index (Phi) is 4.41. The van der Waals surface area contributed by atoms with Gasteiger partial charge in [-0.05, 0) is 30.7 Å². The number of nitrogens with zero attached hydrogens (tertiary/aromatic N) is 1. The van der Waals surface area contributed by atoms with Gasteiger partial charge in [-0.1, -0.05) is 11.6 Å². The maximum Gasteiger partial charge on any atom is 0.122 e. The van der Waals surface area contributed by atoms with E-state index in [1.165, 1.54) is 0 Å². The van der Waals surface area contributed by atoms with E-state index in [1.54, 1.807) is 18.2 Å². The first-order valence-electron chi connectivity index (χ1n) is 4.57. The minimum Gasteiger partial charge on any atom is -0.491 e. The van der Waals surface area contributed by atoms with E-state index in [2.05, 4.69) is 0 Å². The number of rotatable bonds is 4. The van der Waals surface area contributed by atoms with Crippen molar-refractivity contribution >= 4 is 11.6 Å². The van der Waals surface area contributed by atoms with Crippen LogP contribution in [0.2, 0.25) is 5.02 Å². The third-order valence-electron chi connectivity index (χ3n) is 1.90. The summed E-state index contributed by atoms with van der Waals surface area (Å²) >= 11 is 5.78. The zero-order valence-corrected chi connectivity index (χ0v) is 9.16. The Hall–Kier alpha value is -1.24. The fourth-order valence-corrected chi connectivity index (χ4v) is 1.35. The number of hydrogen-bond donors (Lipinski definition) is 1. The van der Waals surface area contributed by atoms with Crippen LogP contribution in [-0.4, -0.2) is 17.8 Å². The highest BCUT2D eigenvalue weighted by atomic mass is 35.5. The summed E-state index contributed by atoms with van der Waals surface area (Å²) in [5.41, 5.74) is 0.909. The number of benzene rings is 1. The van der Waals surface area contributed by atoms with Gasteiger partial charge >= 0.3 is 0 Å². The Bertz CT molecular complexity index is 373. The number of hydrogen-bond acceptors (Lipinski definition) is 3. The zero-order valence-electron chi connectivity index (χ0n) is 8.40. The highest BCUT2D eigenvalue weighted by Crippen LogP contribution is 2.21. The van der Waals surface area contributed by atoms with E-state index in [0.29, 0.717) is 10.8 Å². The van der Waals surface area contributed by atoms with Gasteiger partial charge < -0.3 is 9.84 Å². The molecule has 0 saturated carbocycles. The molecular weight excluding hydrogens is 214 g/mol. The van der Waals surface area contributed by atoms with E-state index in [0.717, 1.165) is 5.56 Å². The maximum absolute atomic E-state index is 9.28. The second-order valence-electron chi connectivity index (χ2n) is 3.24. The number of halogens is 1. The number of ether oxygens (including phenoxy) is 1. The number of nitriles is 1. The highest BCUT2D eigenvalue weighted by Gasteiger charge is 2.06. The topological polar surface area (TPSA) is 53.2 Å². The van der Waals surface area contributed by atoms with Crippen LogP contribution < -0.4 is 4.74 Å². The molecule has 0 amide bonds. The molecule has 1 unspecified atom stereocenters. The molecule has 1 rings (SSSR count). The van der Waals surface area contributed by atoms with E-state index in [-0.39, 0.29) is 13.0 Å². The lowest BCUT2D eigenvalue weighted by molar-refractivity contribution is 0.111. The van der Waals surface area contributed by atoms with Gasteiger partial charge in [0.05, 0.1) is 12.5 Å². The van der Waals surface area contributed by atoms with Crippen LogP contribution in [0.4, 0.5) is 0 Å². The molecule has 15 heavy (non-hydrogen) atoms. The minimum atomic E-state index is -0.745. The lowest BCUT2D eigenvalue weighted by atomic mass is 10.2. The van der Waals surface area contributed by atoms with Crippen molar-refractivity contribution in [3.05, 3.63) is 28.8 Å². The molecule has 0 spiro atoms. The predicted molar refractivity (Wildman–Crippen MR) is 57.9 cm³/mol. The van der Waals surface area contributed by atoms with E-state index in [9.17, 15) is 5.11 Å². The molecule has 0 saturated heterocycles. The summed E-state index contributed by atoms with van der Waals surface area (Å²) in [6.45, 7) is 1.99. The predicted octanol–water partition coefficient (Wildman–Crippen LogP) is 2.30. The summed E-state index contributed by atoms with van der Waals surface area (Å²) in [6, 6.07) is 7.13. The first kappa shape index (κ1) is 11.8. The van der Waals surface area contributed by atoms with Gasteiger partial charge in [0, 0.05) is 5.02 Å². The molecule has 0 fully saturated rings. The minimum absolute atomic E-state index is 0.0760. The van der Waals surface area contributed by atoms with Crippen molar-refractivity contribution in [1.82, 2.24) is 0 Å². The Morgan fingerprint density at radius 3 is 2.93 bits per heavy atom. The summed E-state index contributed by atoms with van der Waals surface area (Å²) in [5.74, 6) is 0.677. The molecule has 0 aromatic heterocycles. The lowest BCUT2D eigenvalue weighted by Crippen LogP contribution is -2.16. The van der Waals surface area contributed by atoms with Crippen LogP contribution in [0.1, 0.15) is 12.0 Å². The molecule has 0 bridgehead atoms. The van der Waals surface area contributed by atoms with Gasteiger partial charge in [0.1, 0.15) is 18.5 Å². The fourth-order valence-electron chi connectivity index (χ4n) is 1.13. The van der Waals surface area contributed by atoms with Crippen LogP contribution in [0.15, 0.2) is 18.2 Å². The normalized spacial score (nSPS) is 11.9. The molecule has 4 heteroatoms. The molecular formula is C11H12ClNO2.